The molecule has 1 aliphatic carbocycles. The van der Waals surface area contributed by atoms with Gasteiger partial charge in [0.2, 0.25) is 0 Å². The topological polar surface area (TPSA) is 132 Å². The highest BCUT2D eigenvalue weighted by atomic mass is 32.2. The first-order valence-electron chi connectivity index (χ1n) is 10.5. The minimum absolute atomic E-state index is 0.0883. The first kappa shape index (κ1) is 21.8. The first-order chi connectivity index (χ1) is 15.3. The van der Waals surface area contributed by atoms with E-state index in [2.05, 4.69) is 27.0 Å². The third-order valence-electron chi connectivity index (χ3n) is 5.73. The molecule has 4 rings (SSSR count). The Kier molecular flexibility index (Phi) is 6.13. The molecule has 1 aliphatic rings. The maximum Gasteiger partial charge on any atom is 0.263 e. The lowest BCUT2D eigenvalue weighted by Gasteiger charge is -2.28. The normalized spacial score (nSPS) is 18.8. The Bertz CT molecular complexity index is 1190. The van der Waals surface area contributed by atoms with Crippen molar-refractivity contribution >= 4 is 33.3 Å². The third-order valence-corrected chi connectivity index (χ3v) is 7.11. The van der Waals surface area contributed by atoms with Crippen molar-refractivity contribution in [2.45, 2.75) is 43.5 Å². The molecule has 2 heterocycles. The standard InChI is InChI=1S/C22H26N6O3S/c1-15-6-2-3-7-19(15)28-14-18(21(23)29)22(26-28)25-16-9-11-17(12-10-16)32(30,31)27-20-8-4-5-13-24-20/h4-5,8-15,19H,2-3,6-7H2,1H3,(H2,23,29)(H,24,27)(H,25,26)/t15-,19-/m1/s1. The average molecular weight is 455 g/mol. The molecule has 1 aromatic carbocycles. The summed E-state index contributed by atoms with van der Waals surface area (Å²) in [6.45, 7) is 2.20. The van der Waals surface area contributed by atoms with Crippen molar-refractivity contribution in [2.75, 3.05) is 10.0 Å². The van der Waals surface area contributed by atoms with E-state index in [0.717, 1.165) is 19.3 Å². The van der Waals surface area contributed by atoms with E-state index >= 15 is 0 Å². The van der Waals surface area contributed by atoms with Crippen LogP contribution in [0, 0.1) is 5.92 Å². The summed E-state index contributed by atoms with van der Waals surface area (Å²) in [5, 5.41) is 7.69. The molecule has 4 N–H and O–H groups in total. The number of nitrogens with zero attached hydrogens (tertiary/aromatic N) is 3. The van der Waals surface area contributed by atoms with Crippen molar-refractivity contribution in [1.82, 2.24) is 14.8 Å². The zero-order valence-corrected chi connectivity index (χ0v) is 18.5. The van der Waals surface area contributed by atoms with E-state index in [0.29, 0.717) is 23.0 Å². The van der Waals surface area contributed by atoms with Crippen molar-refractivity contribution in [2.24, 2.45) is 11.7 Å². The number of pyridine rings is 1. The molecule has 0 unspecified atom stereocenters. The summed E-state index contributed by atoms with van der Waals surface area (Å²) < 4.78 is 29.4. The highest BCUT2D eigenvalue weighted by Crippen LogP contribution is 2.34. The zero-order valence-electron chi connectivity index (χ0n) is 17.7. The van der Waals surface area contributed by atoms with Crippen LogP contribution in [0.1, 0.15) is 49.0 Å². The molecule has 0 aliphatic heterocycles. The van der Waals surface area contributed by atoms with Gasteiger partial charge in [0.15, 0.2) is 5.82 Å². The number of carbonyl (C=O) groups is 1. The molecule has 0 saturated heterocycles. The van der Waals surface area contributed by atoms with E-state index in [1.54, 1.807) is 36.5 Å². The molecule has 1 amide bonds. The van der Waals surface area contributed by atoms with Crippen molar-refractivity contribution in [3.8, 4) is 0 Å². The number of rotatable bonds is 7. The minimum atomic E-state index is -3.78. The molecule has 10 heteroatoms. The highest BCUT2D eigenvalue weighted by molar-refractivity contribution is 7.92. The molecular formula is C22H26N6O3S. The Morgan fingerprint density at radius 3 is 2.53 bits per heavy atom. The lowest BCUT2D eigenvalue weighted by atomic mass is 9.86. The molecule has 9 nitrogen and oxygen atoms in total. The summed E-state index contributed by atoms with van der Waals surface area (Å²) >= 11 is 0. The van der Waals surface area contributed by atoms with Crippen molar-refractivity contribution in [1.29, 1.82) is 0 Å². The van der Waals surface area contributed by atoms with Gasteiger partial charge in [0.1, 0.15) is 11.4 Å². The van der Waals surface area contributed by atoms with Gasteiger partial charge in [0, 0.05) is 18.1 Å². The van der Waals surface area contributed by atoms with Gasteiger partial charge in [-0.25, -0.2) is 13.4 Å². The SMILES string of the molecule is C[C@@H]1CCCC[C@H]1n1cc(C(N)=O)c(Nc2ccc(S(=O)(=O)Nc3ccccn3)cc2)n1. The fourth-order valence-electron chi connectivity index (χ4n) is 4.00. The van der Waals surface area contributed by atoms with Gasteiger partial charge in [0.05, 0.1) is 10.9 Å². The second-order valence-corrected chi connectivity index (χ2v) is 9.72. The largest absolute Gasteiger partial charge is 0.365 e. The number of sulfonamides is 1. The van der Waals surface area contributed by atoms with Gasteiger partial charge in [-0.05, 0) is 55.2 Å². The summed E-state index contributed by atoms with van der Waals surface area (Å²) in [6.07, 6.45) is 7.68. The van der Waals surface area contributed by atoms with Gasteiger partial charge in [-0.2, -0.15) is 5.10 Å². The zero-order chi connectivity index (χ0) is 22.7. The van der Waals surface area contributed by atoms with Crippen LogP contribution in [0.3, 0.4) is 0 Å². The van der Waals surface area contributed by atoms with E-state index in [4.69, 9.17) is 5.73 Å². The number of carbonyl (C=O) groups excluding carboxylic acids is 1. The fourth-order valence-corrected chi connectivity index (χ4v) is 5.01. The van der Waals surface area contributed by atoms with Crippen LogP contribution in [0.5, 0.6) is 0 Å². The minimum Gasteiger partial charge on any atom is -0.365 e. The number of hydrogen-bond donors (Lipinski definition) is 3. The summed E-state index contributed by atoms with van der Waals surface area (Å²) in [7, 11) is -3.78. The number of nitrogens with one attached hydrogen (secondary N) is 2. The van der Waals surface area contributed by atoms with Crippen LogP contribution in [-0.2, 0) is 10.0 Å². The molecule has 168 valence electrons. The van der Waals surface area contributed by atoms with Crippen LogP contribution >= 0.6 is 0 Å². The van der Waals surface area contributed by atoms with Crippen LogP contribution < -0.4 is 15.8 Å². The number of aromatic nitrogens is 3. The molecule has 0 spiro atoms. The Balaban J connectivity index is 1.53. The van der Waals surface area contributed by atoms with Crippen LogP contribution in [0.4, 0.5) is 17.3 Å². The average Bonchev–Trinajstić information content (AvgIpc) is 3.19. The predicted octanol–water partition coefficient (Wildman–Crippen LogP) is 3.67. The fraction of sp³-hybridized carbons (Fsp3) is 0.318. The monoisotopic (exact) mass is 454 g/mol. The van der Waals surface area contributed by atoms with E-state index in [1.165, 1.54) is 24.8 Å². The summed E-state index contributed by atoms with van der Waals surface area (Å²) in [4.78, 5) is 16.1. The lowest BCUT2D eigenvalue weighted by molar-refractivity contribution is 0.100. The van der Waals surface area contributed by atoms with E-state index < -0.39 is 15.9 Å². The number of nitrogens with two attached hydrogens (primary N) is 1. The summed E-state index contributed by atoms with van der Waals surface area (Å²) in [5.41, 5.74) is 6.47. The van der Waals surface area contributed by atoms with Crippen molar-refractivity contribution in [3.05, 3.63) is 60.4 Å². The molecule has 0 radical (unpaired) electrons. The number of primary amides is 1. The molecule has 1 fully saturated rings. The molecule has 2 atom stereocenters. The van der Waals surface area contributed by atoms with E-state index in [1.807, 2.05) is 4.68 Å². The third kappa shape index (κ3) is 4.75. The van der Waals surface area contributed by atoms with Crippen molar-refractivity contribution in [3.63, 3.8) is 0 Å². The second kappa shape index (κ2) is 8.99. The molecule has 1 saturated carbocycles. The summed E-state index contributed by atoms with van der Waals surface area (Å²) in [5.74, 6) is 0.495. The van der Waals surface area contributed by atoms with E-state index in [9.17, 15) is 13.2 Å². The van der Waals surface area contributed by atoms with Crippen LogP contribution in [-0.4, -0.2) is 29.1 Å². The number of anilines is 3. The molecule has 2 aromatic heterocycles. The van der Waals surface area contributed by atoms with Gasteiger partial charge < -0.3 is 11.1 Å². The van der Waals surface area contributed by atoms with Crippen LogP contribution in [0.15, 0.2) is 59.8 Å². The highest BCUT2D eigenvalue weighted by Gasteiger charge is 2.26. The summed E-state index contributed by atoms with van der Waals surface area (Å²) in [6, 6.07) is 11.4. The Morgan fingerprint density at radius 1 is 1.12 bits per heavy atom. The maximum absolute atomic E-state index is 12.6. The quantitative estimate of drug-likeness (QED) is 0.499. The van der Waals surface area contributed by atoms with Gasteiger partial charge in [0.25, 0.3) is 15.9 Å². The smallest absolute Gasteiger partial charge is 0.263 e. The Labute approximate surface area is 187 Å². The predicted molar refractivity (Wildman–Crippen MR) is 122 cm³/mol. The van der Waals surface area contributed by atoms with Gasteiger partial charge in [-0.15, -0.1) is 0 Å². The molecule has 3 aromatic rings. The first-order valence-corrected chi connectivity index (χ1v) is 12.0. The van der Waals surface area contributed by atoms with Crippen molar-refractivity contribution < 1.29 is 13.2 Å². The Hall–Kier alpha value is -3.40. The van der Waals surface area contributed by atoms with E-state index in [-0.39, 0.29) is 16.8 Å². The molecule has 32 heavy (non-hydrogen) atoms. The van der Waals surface area contributed by atoms with Crippen LogP contribution in [0.25, 0.3) is 0 Å². The Morgan fingerprint density at radius 2 is 1.88 bits per heavy atom. The number of amides is 1. The van der Waals surface area contributed by atoms with Gasteiger partial charge >= 0.3 is 0 Å². The number of hydrogen-bond acceptors (Lipinski definition) is 6. The number of benzene rings is 1. The molecular weight excluding hydrogens is 428 g/mol. The second-order valence-electron chi connectivity index (χ2n) is 8.03. The van der Waals surface area contributed by atoms with Gasteiger partial charge in [-0.1, -0.05) is 25.8 Å². The lowest BCUT2D eigenvalue weighted by Crippen LogP contribution is -2.21. The maximum atomic E-state index is 12.6. The van der Waals surface area contributed by atoms with Gasteiger partial charge in [-0.3, -0.25) is 14.2 Å². The molecule has 0 bridgehead atoms. The van der Waals surface area contributed by atoms with Crippen LogP contribution in [0.2, 0.25) is 0 Å².